The van der Waals surface area contributed by atoms with E-state index in [-0.39, 0.29) is 30.0 Å². The van der Waals surface area contributed by atoms with Crippen molar-refractivity contribution < 1.29 is 18.3 Å². The number of carbonyl (C=O) groups excluding carboxylic acids is 1. The van der Waals surface area contributed by atoms with E-state index in [1.807, 2.05) is 30.3 Å². The Morgan fingerprint density at radius 2 is 1.83 bits per heavy atom. The lowest BCUT2D eigenvalue weighted by atomic mass is 10.1. The maximum atomic E-state index is 12.4. The molecule has 0 heterocycles. The largest absolute Gasteiger partial charge is 0.434 e. The van der Waals surface area contributed by atoms with Gasteiger partial charge in [-0.3, -0.25) is 4.79 Å². The van der Waals surface area contributed by atoms with Crippen LogP contribution < -0.4 is 10.1 Å². The molecule has 2 unspecified atom stereocenters. The van der Waals surface area contributed by atoms with Crippen LogP contribution in [0.4, 0.5) is 8.78 Å². The molecular weight excluding hydrogens is 300 g/mol. The minimum Gasteiger partial charge on any atom is -0.434 e. The fourth-order valence-corrected chi connectivity index (χ4v) is 2.73. The molecular formula is C18H17F2NO2. The van der Waals surface area contributed by atoms with Crippen molar-refractivity contribution in [1.82, 2.24) is 5.32 Å². The molecule has 0 bridgehead atoms. The molecule has 1 aliphatic carbocycles. The number of carbonyl (C=O) groups is 1. The maximum Gasteiger partial charge on any atom is 0.387 e. The predicted molar refractivity (Wildman–Crippen MR) is 82.2 cm³/mol. The third-order valence-electron chi connectivity index (χ3n) is 4.00. The van der Waals surface area contributed by atoms with Gasteiger partial charge in [0.15, 0.2) is 0 Å². The standard InChI is InChI=1S/C18H17F2NO2/c19-18(20)23-16-9-5-4-8-13(16)11-21-17(22)15-10-14(15)12-6-2-1-3-7-12/h1-9,14-15,18H,10-11H2,(H,21,22). The fraction of sp³-hybridized carbons (Fsp3) is 0.278. The normalized spacial score (nSPS) is 19.4. The molecule has 2 atom stereocenters. The van der Waals surface area contributed by atoms with Crippen molar-refractivity contribution in [2.24, 2.45) is 5.92 Å². The zero-order chi connectivity index (χ0) is 16.2. The molecule has 0 aromatic heterocycles. The Morgan fingerprint density at radius 1 is 1.13 bits per heavy atom. The molecule has 0 saturated heterocycles. The van der Waals surface area contributed by atoms with Crippen LogP contribution in [0.5, 0.6) is 5.75 Å². The predicted octanol–water partition coefficient (Wildman–Crippen LogP) is 3.71. The first-order chi connectivity index (χ1) is 11.1. The van der Waals surface area contributed by atoms with Crippen LogP contribution in [0.15, 0.2) is 54.6 Å². The van der Waals surface area contributed by atoms with Gasteiger partial charge in [-0.15, -0.1) is 0 Å². The monoisotopic (exact) mass is 317 g/mol. The molecule has 5 heteroatoms. The molecule has 1 amide bonds. The van der Waals surface area contributed by atoms with Gasteiger partial charge >= 0.3 is 6.61 Å². The second-order valence-corrected chi connectivity index (χ2v) is 5.56. The second kappa shape index (κ2) is 6.77. The van der Waals surface area contributed by atoms with Crippen LogP contribution in [0.3, 0.4) is 0 Å². The van der Waals surface area contributed by atoms with Crippen molar-refractivity contribution in [1.29, 1.82) is 0 Å². The summed E-state index contributed by atoms with van der Waals surface area (Å²) in [6.07, 6.45) is 0.824. The van der Waals surface area contributed by atoms with E-state index in [1.54, 1.807) is 18.2 Å². The number of rotatable bonds is 6. The molecule has 0 aliphatic heterocycles. The van der Waals surface area contributed by atoms with Crippen molar-refractivity contribution in [2.75, 3.05) is 0 Å². The lowest BCUT2D eigenvalue weighted by molar-refractivity contribution is -0.122. The number of hydrogen-bond donors (Lipinski definition) is 1. The molecule has 2 aromatic rings. The number of benzene rings is 2. The Hall–Kier alpha value is -2.43. The van der Waals surface area contributed by atoms with E-state index < -0.39 is 6.61 Å². The summed E-state index contributed by atoms with van der Waals surface area (Å²) < 4.78 is 29.2. The average molecular weight is 317 g/mol. The number of amides is 1. The molecule has 0 radical (unpaired) electrons. The summed E-state index contributed by atoms with van der Waals surface area (Å²) in [6.45, 7) is -2.70. The minimum absolute atomic E-state index is 0.0411. The highest BCUT2D eigenvalue weighted by Crippen LogP contribution is 2.47. The molecule has 1 saturated carbocycles. The smallest absolute Gasteiger partial charge is 0.387 e. The fourth-order valence-electron chi connectivity index (χ4n) is 2.73. The second-order valence-electron chi connectivity index (χ2n) is 5.56. The van der Waals surface area contributed by atoms with Gasteiger partial charge in [-0.05, 0) is 24.0 Å². The minimum atomic E-state index is -2.88. The summed E-state index contributed by atoms with van der Waals surface area (Å²) in [5.41, 5.74) is 1.70. The average Bonchev–Trinajstić information content (AvgIpc) is 3.35. The highest BCUT2D eigenvalue weighted by Gasteiger charge is 2.43. The summed E-state index contributed by atoms with van der Waals surface area (Å²) in [5.74, 6) is 0.258. The van der Waals surface area contributed by atoms with E-state index in [0.717, 1.165) is 12.0 Å². The zero-order valence-corrected chi connectivity index (χ0v) is 12.4. The topological polar surface area (TPSA) is 38.3 Å². The Kier molecular flexibility index (Phi) is 4.55. The lowest BCUT2D eigenvalue weighted by Gasteiger charge is -2.11. The molecule has 0 spiro atoms. The summed E-state index contributed by atoms with van der Waals surface area (Å²) in [4.78, 5) is 12.2. The maximum absolute atomic E-state index is 12.4. The number of ether oxygens (including phenoxy) is 1. The first-order valence-corrected chi connectivity index (χ1v) is 7.50. The van der Waals surface area contributed by atoms with E-state index in [2.05, 4.69) is 10.1 Å². The number of hydrogen-bond acceptors (Lipinski definition) is 2. The van der Waals surface area contributed by atoms with Gasteiger partial charge in [0.2, 0.25) is 5.91 Å². The summed E-state index contributed by atoms with van der Waals surface area (Å²) >= 11 is 0. The van der Waals surface area contributed by atoms with Gasteiger partial charge in [0.1, 0.15) is 5.75 Å². The third-order valence-corrected chi connectivity index (χ3v) is 4.00. The summed E-state index contributed by atoms with van der Waals surface area (Å²) in [5, 5.41) is 2.81. The van der Waals surface area contributed by atoms with Gasteiger partial charge in [-0.1, -0.05) is 48.5 Å². The van der Waals surface area contributed by atoms with Gasteiger partial charge < -0.3 is 10.1 Å². The van der Waals surface area contributed by atoms with Crippen LogP contribution in [0.25, 0.3) is 0 Å². The van der Waals surface area contributed by atoms with Crippen LogP contribution in [0.1, 0.15) is 23.5 Å². The third kappa shape index (κ3) is 3.86. The number of nitrogens with one attached hydrogen (secondary N) is 1. The van der Waals surface area contributed by atoms with Gasteiger partial charge in [-0.25, -0.2) is 0 Å². The van der Waals surface area contributed by atoms with Gasteiger partial charge in [-0.2, -0.15) is 8.78 Å². The molecule has 23 heavy (non-hydrogen) atoms. The van der Waals surface area contributed by atoms with Crippen LogP contribution >= 0.6 is 0 Å². The Morgan fingerprint density at radius 3 is 2.57 bits per heavy atom. The molecule has 3 nitrogen and oxygen atoms in total. The molecule has 120 valence electrons. The number of alkyl halides is 2. The molecule has 1 aliphatic rings. The SMILES string of the molecule is O=C(NCc1ccccc1OC(F)F)C1CC1c1ccccc1. The molecule has 2 aromatic carbocycles. The van der Waals surface area contributed by atoms with E-state index in [4.69, 9.17) is 0 Å². The van der Waals surface area contributed by atoms with Crippen LogP contribution in [-0.4, -0.2) is 12.5 Å². The van der Waals surface area contributed by atoms with Crippen molar-refractivity contribution >= 4 is 5.91 Å². The zero-order valence-electron chi connectivity index (χ0n) is 12.4. The van der Waals surface area contributed by atoms with E-state index in [1.165, 1.54) is 6.07 Å². The van der Waals surface area contributed by atoms with E-state index in [0.29, 0.717) is 5.56 Å². The van der Waals surface area contributed by atoms with E-state index >= 15 is 0 Å². The molecule has 1 fully saturated rings. The first-order valence-electron chi connectivity index (χ1n) is 7.50. The number of halogens is 2. The Labute approximate surface area is 133 Å². The summed E-state index contributed by atoms with van der Waals surface area (Å²) in [7, 11) is 0. The highest BCUT2D eigenvalue weighted by atomic mass is 19.3. The Bertz CT molecular complexity index is 676. The van der Waals surface area contributed by atoms with Crippen molar-refractivity contribution in [3.63, 3.8) is 0 Å². The van der Waals surface area contributed by atoms with Crippen molar-refractivity contribution in [3.8, 4) is 5.75 Å². The van der Waals surface area contributed by atoms with Crippen molar-refractivity contribution in [2.45, 2.75) is 25.5 Å². The highest BCUT2D eigenvalue weighted by molar-refractivity contribution is 5.82. The molecule has 1 N–H and O–H groups in total. The summed E-state index contributed by atoms with van der Waals surface area (Å²) in [6, 6.07) is 16.4. The van der Waals surface area contributed by atoms with Gasteiger partial charge in [0.05, 0.1) is 0 Å². The number of para-hydroxylation sites is 1. The molecule has 3 rings (SSSR count). The van der Waals surface area contributed by atoms with Gasteiger partial charge in [0, 0.05) is 18.0 Å². The van der Waals surface area contributed by atoms with Crippen LogP contribution in [0, 0.1) is 5.92 Å². The lowest BCUT2D eigenvalue weighted by Crippen LogP contribution is -2.25. The van der Waals surface area contributed by atoms with Crippen LogP contribution in [0.2, 0.25) is 0 Å². The van der Waals surface area contributed by atoms with E-state index in [9.17, 15) is 13.6 Å². The quantitative estimate of drug-likeness (QED) is 0.882. The van der Waals surface area contributed by atoms with Crippen LogP contribution in [-0.2, 0) is 11.3 Å². The van der Waals surface area contributed by atoms with Gasteiger partial charge in [0.25, 0.3) is 0 Å². The van der Waals surface area contributed by atoms with Crippen molar-refractivity contribution in [3.05, 3.63) is 65.7 Å². The first kappa shape index (κ1) is 15.5. The Balaban J connectivity index is 1.56.